The first-order chi connectivity index (χ1) is 10.7. The number of halogens is 1. The van der Waals surface area contributed by atoms with Crippen molar-refractivity contribution < 1.29 is 4.39 Å². The lowest BCUT2D eigenvalue weighted by Crippen LogP contribution is -2.04. The molecule has 108 valence electrons. The van der Waals surface area contributed by atoms with E-state index < -0.39 is 0 Å². The van der Waals surface area contributed by atoms with Crippen LogP contribution in [0.15, 0.2) is 48.5 Å². The van der Waals surface area contributed by atoms with E-state index in [0.717, 1.165) is 5.56 Å². The summed E-state index contributed by atoms with van der Waals surface area (Å²) in [4.78, 5) is 0. The van der Waals surface area contributed by atoms with Crippen molar-refractivity contribution in [1.29, 1.82) is 5.26 Å². The normalized spacial score (nSPS) is 10.4. The standard InChI is InChI=1S/C17H13FN4/c1-12-5-7-13(8-6-12)11-22-17(16(10-19)20-21-22)14-3-2-4-15(18)9-14/h2-9H,11H2,1H3. The lowest BCUT2D eigenvalue weighted by molar-refractivity contribution is 0.626. The molecule has 1 aromatic heterocycles. The van der Waals surface area contributed by atoms with Crippen LogP contribution < -0.4 is 0 Å². The SMILES string of the molecule is Cc1ccc(Cn2nnc(C#N)c2-c2cccc(F)c2)cc1. The number of nitrogens with zero attached hydrogens (tertiary/aromatic N) is 4. The minimum absolute atomic E-state index is 0.192. The third kappa shape index (κ3) is 2.72. The monoisotopic (exact) mass is 292 g/mol. The summed E-state index contributed by atoms with van der Waals surface area (Å²) >= 11 is 0. The molecule has 3 aromatic rings. The zero-order chi connectivity index (χ0) is 15.5. The maximum Gasteiger partial charge on any atom is 0.190 e. The Morgan fingerprint density at radius 3 is 2.64 bits per heavy atom. The van der Waals surface area contributed by atoms with Gasteiger partial charge in [0.2, 0.25) is 0 Å². The molecule has 0 aliphatic rings. The summed E-state index contributed by atoms with van der Waals surface area (Å²) in [5, 5.41) is 17.1. The molecule has 0 bridgehead atoms. The molecular formula is C17H13FN4. The molecule has 0 unspecified atom stereocenters. The largest absolute Gasteiger partial charge is 0.239 e. The zero-order valence-corrected chi connectivity index (χ0v) is 12.0. The summed E-state index contributed by atoms with van der Waals surface area (Å²) < 4.78 is 15.1. The lowest BCUT2D eigenvalue weighted by Gasteiger charge is -2.07. The number of aromatic nitrogens is 3. The Hall–Kier alpha value is -3.00. The molecule has 0 spiro atoms. The minimum atomic E-state index is -0.357. The first kappa shape index (κ1) is 14.0. The second-order valence-electron chi connectivity index (χ2n) is 5.05. The van der Waals surface area contributed by atoms with E-state index in [1.165, 1.54) is 17.7 Å². The topological polar surface area (TPSA) is 54.5 Å². The molecule has 0 radical (unpaired) electrons. The number of hydrogen-bond acceptors (Lipinski definition) is 3. The lowest BCUT2D eigenvalue weighted by atomic mass is 10.1. The minimum Gasteiger partial charge on any atom is -0.239 e. The first-order valence-electron chi connectivity index (χ1n) is 6.82. The molecule has 0 N–H and O–H groups in total. The Labute approximate surface area is 127 Å². The highest BCUT2D eigenvalue weighted by Gasteiger charge is 2.15. The Morgan fingerprint density at radius 1 is 1.18 bits per heavy atom. The molecule has 1 heterocycles. The van der Waals surface area contributed by atoms with Gasteiger partial charge in [0, 0.05) is 5.56 Å². The second kappa shape index (κ2) is 5.78. The van der Waals surface area contributed by atoms with Crippen LogP contribution in [0.2, 0.25) is 0 Å². The van der Waals surface area contributed by atoms with Crippen LogP contribution >= 0.6 is 0 Å². The van der Waals surface area contributed by atoms with Crippen LogP contribution in [0.3, 0.4) is 0 Å². The van der Waals surface area contributed by atoms with Gasteiger partial charge in [0.25, 0.3) is 0 Å². The second-order valence-corrected chi connectivity index (χ2v) is 5.05. The van der Waals surface area contributed by atoms with Crippen LogP contribution in [0.5, 0.6) is 0 Å². The molecule has 0 aliphatic heterocycles. The Morgan fingerprint density at radius 2 is 1.95 bits per heavy atom. The van der Waals surface area contributed by atoms with E-state index in [0.29, 0.717) is 17.8 Å². The van der Waals surface area contributed by atoms with E-state index in [4.69, 9.17) is 0 Å². The molecule has 0 atom stereocenters. The van der Waals surface area contributed by atoms with Crippen LogP contribution in [0.25, 0.3) is 11.3 Å². The predicted octanol–water partition coefficient (Wildman–Crippen LogP) is 3.31. The average Bonchev–Trinajstić information content (AvgIpc) is 2.92. The van der Waals surface area contributed by atoms with Gasteiger partial charge in [-0.1, -0.05) is 47.2 Å². The van der Waals surface area contributed by atoms with Crippen LogP contribution in [-0.4, -0.2) is 15.0 Å². The molecule has 22 heavy (non-hydrogen) atoms. The van der Waals surface area contributed by atoms with Crippen molar-refractivity contribution in [1.82, 2.24) is 15.0 Å². The molecule has 3 rings (SSSR count). The Bertz CT molecular complexity index is 844. The van der Waals surface area contributed by atoms with Gasteiger partial charge in [-0.15, -0.1) is 5.10 Å². The van der Waals surface area contributed by atoms with Crippen molar-refractivity contribution in [3.63, 3.8) is 0 Å². The van der Waals surface area contributed by atoms with Gasteiger partial charge in [0.05, 0.1) is 6.54 Å². The van der Waals surface area contributed by atoms with E-state index in [1.807, 2.05) is 37.3 Å². The highest BCUT2D eigenvalue weighted by molar-refractivity contribution is 5.64. The summed E-state index contributed by atoms with van der Waals surface area (Å²) in [5.74, 6) is -0.357. The smallest absolute Gasteiger partial charge is 0.190 e. The van der Waals surface area contributed by atoms with Gasteiger partial charge in [-0.3, -0.25) is 0 Å². The molecule has 0 saturated heterocycles. The fraction of sp³-hybridized carbons (Fsp3) is 0.118. The van der Waals surface area contributed by atoms with Gasteiger partial charge >= 0.3 is 0 Å². The van der Waals surface area contributed by atoms with E-state index in [-0.39, 0.29) is 11.5 Å². The molecule has 5 heteroatoms. The molecule has 2 aromatic carbocycles. The maximum atomic E-state index is 13.5. The quantitative estimate of drug-likeness (QED) is 0.744. The Balaban J connectivity index is 2.04. The maximum absolute atomic E-state index is 13.5. The number of rotatable bonds is 3. The highest BCUT2D eigenvalue weighted by Crippen LogP contribution is 2.23. The van der Waals surface area contributed by atoms with Crippen molar-refractivity contribution in [3.05, 3.63) is 71.2 Å². The van der Waals surface area contributed by atoms with Crippen LogP contribution in [0.4, 0.5) is 4.39 Å². The van der Waals surface area contributed by atoms with Crippen molar-refractivity contribution >= 4 is 0 Å². The van der Waals surface area contributed by atoms with Gasteiger partial charge in [-0.05, 0) is 24.6 Å². The third-order valence-electron chi connectivity index (χ3n) is 3.39. The van der Waals surface area contributed by atoms with Crippen molar-refractivity contribution in [2.75, 3.05) is 0 Å². The molecule has 0 aliphatic carbocycles. The van der Waals surface area contributed by atoms with Gasteiger partial charge in [0.15, 0.2) is 5.69 Å². The summed E-state index contributed by atoms with van der Waals surface area (Å²) in [6.45, 7) is 2.49. The molecule has 0 fully saturated rings. The van der Waals surface area contributed by atoms with Gasteiger partial charge in [-0.25, -0.2) is 9.07 Å². The average molecular weight is 292 g/mol. The van der Waals surface area contributed by atoms with E-state index in [9.17, 15) is 9.65 Å². The number of aryl methyl sites for hydroxylation is 1. The van der Waals surface area contributed by atoms with Crippen molar-refractivity contribution in [3.8, 4) is 17.3 Å². The number of nitriles is 1. The molecule has 0 saturated carbocycles. The molecule has 0 amide bonds. The van der Waals surface area contributed by atoms with Gasteiger partial charge < -0.3 is 0 Å². The fourth-order valence-electron chi connectivity index (χ4n) is 2.29. The number of benzene rings is 2. The molecule has 4 nitrogen and oxygen atoms in total. The summed E-state index contributed by atoms with van der Waals surface area (Å²) in [6.07, 6.45) is 0. The van der Waals surface area contributed by atoms with Gasteiger partial charge in [-0.2, -0.15) is 5.26 Å². The predicted molar refractivity (Wildman–Crippen MR) is 80.4 cm³/mol. The fourth-order valence-corrected chi connectivity index (χ4v) is 2.29. The zero-order valence-electron chi connectivity index (χ0n) is 12.0. The van der Waals surface area contributed by atoms with Crippen LogP contribution in [-0.2, 0) is 6.54 Å². The highest BCUT2D eigenvalue weighted by atomic mass is 19.1. The summed E-state index contributed by atoms with van der Waals surface area (Å²) in [6, 6.07) is 16.1. The third-order valence-corrected chi connectivity index (χ3v) is 3.39. The number of hydrogen-bond donors (Lipinski definition) is 0. The van der Waals surface area contributed by atoms with Gasteiger partial charge in [0.1, 0.15) is 17.6 Å². The first-order valence-corrected chi connectivity index (χ1v) is 6.82. The summed E-state index contributed by atoms with van der Waals surface area (Å²) in [7, 11) is 0. The van der Waals surface area contributed by atoms with Crippen molar-refractivity contribution in [2.45, 2.75) is 13.5 Å². The van der Waals surface area contributed by atoms with Crippen LogP contribution in [0.1, 0.15) is 16.8 Å². The summed E-state index contributed by atoms with van der Waals surface area (Å²) in [5.41, 5.74) is 3.52. The van der Waals surface area contributed by atoms with Crippen molar-refractivity contribution in [2.24, 2.45) is 0 Å². The van der Waals surface area contributed by atoms with E-state index in [2.05, 4.69) is 10.3 Å². The Kier molecular flexibility index (Phi) is 3.67. The van der Waals surface area contributed by atoms with E-state index in [1.54, 1.807) is 16.8 Å². The van der Waals surface area contributed by atoms with E-state index >= 15 is 0 Å². The molecular weight excluding hydrogens is 279 g/mol. The van der Waals surface area contributed by atoms with Crippen LogP contribution in [0, 0.1) is 24.1 Å².